The third-order valence-corrected chi connectivity index (χ3v) is 7.56. The Morgan fingerprint density at radius 1 is 1.12 bits per heavy atom. The van der Waals surface area contributed by atoms with Gasteiger partial charge in [0.25, 0.3) is 5.91 Å². The number of nitrogens with one attached hydrogen (secondary N) is 1. The summed E-state index contributed by atoms with van der Waals surface area (Å²) in [7, 11) is 0. The van der Waals surface area contributed by atoms with Gasteiger partial charge < -0.3 is 14.3 Å². The largest absolute Gasteiger partial charge is 0.463 e. The van der Waals surface area contributed by atoms with Crippen molar-refractivity contribution in [3.8, 4) is 0 Å². The second-order valence-electron chi connectivity index (χ2n) is 10.4. The highest BCUT2D eigenvalue weighted by Gasteiger charge is 2.49. The number of rotatable bonds is 4. The van der Waals surface area contributed by atoms with Crippen LogP contribution >= 0.6 is 0 Å². The smallest absolute Gasteiger partial charge is 0.276 e. The number of furan rings is 1. The van der Waals surface area contributed by atoms with Gasteiger partial charge in [-0.15, -0.1) is 0 Å². The number of hydrogen-bond acceptors (Lipinski definition) is 3. The third-order valence-electron chi connectivity index (χ3n) is 7.56. The minimum absolute atomic E-state index is 0.0978. The van der Waals surface area contributed by atoms with Gasteiger partial charge in [-0.25, -0.2) is 0 Å². The lowest BCUT2D eigenvalue weighted by molar-refractivity contribution is -0.127. The summed E-state index contributed by atoms with van der Waals surface area (Å²) in [5.41, 5.74) is 2.94. The summed E-state index contributed by atoms with van der Waals surface area (Å²) in [5.74, 6) is 0.820. The van der Waals surface area contributed by atoms with E-state index in [4.69, 9.17) is 4.42 Å². The van der Waals surface area contributed by atoms with Crippen molar-refractivity contribution >= 4 is 28.6 Å². The first kappa shape index (κ1) is 21.8. The summed E-state index contributed by atoms with van der Waals surface area (Å²) < 4.78 is 7.50. The number of nitrogens with zero attached hydrogens (tertiary/aromatic N) is 2. The standard InChI is InChI=1S/C27H33N3O3/c1-17(2)19-7-11-21(12-8-19)30-25(31)23-15-24-22(13-14-33-24)29(23)16-27(30,4)26(32)28-20-9-5-18(3)6-10-20/h7-8,11-15,17-18,20H,5-6,9-10,16H2,1-4H3,(H,28,32). The van der Waals surface area contributed by atoms with Gasteiger partial charge in [0.1, 0.15) is 11.2 Å². The van der Waals surface area contributed by atoms with Gasteiger partial charge in [0.05, 0.1) is 18.3 Å². The fourth-order valence-electron chi connectivity index (χ4n) is 5.37. The second-order valence-corrected chi connectivity index (χ2v) is 10.4. The summed E-state index contributed by atoms with van der Waals surface area (Å²) >= 11 is 0. The maximum atomic E-state index is 13.8. The van der Waals surface area contributed by atoms with Crippen LogP contribution in [0.25, 0.3) is 11.1 Å². The topological polar surface area (TPSA) is 67.5 Å². The number of fused-ring (bicyclic) bond motifs is 3. The molecule has 6 heteroatoms. The predicted octanol–water partition coefficient (Wildman–Crippen LogP) is 5.47. The van der Waals surface area contributed by atoms with Gasteiger partial charge in [0.15, 0.2) is 5.58 Å². The Kier molecular flexibility index (Phi) is 5.34. The molecule has 1 unspecified atom stereocenters. The van der Waals surface area contributed by atoms with Crippen LogP contribution in [0.15, 0.2) is 47.1 Å². The zero-order chi connectivity index (χ0) is 23.3. The number of anilines is 1. The molecular weight excluding hydrogens is 414 g/mol. The van der Waals surface area contributed by atoms with Gasteiger partial charge in [0, 0.05) is 23.9 Å². The van der Waals surface area contributed by atoms with Crippen LogP contribution in [0.3, 0.4) is 0 Å². The highest BCUT2D eigenvalue weighted by molar-refractivity contribution is 6.13. The molecule has 1 aliphatic heterocycles. The SMILES string of the molecule is CC1CCC(NC(=O)C2(C)Cn3c(cc4occc43)C(=O)N2c2ccc(C(C)C)cc2)CC1. The number of amides is 2. The fourth-order valence-corrected chi connectivity index (χ4v) is 5.37. The highest BCUT2D eigenvalue weighted by atomic mass is 16.3. The maximum Gasteiger partial charge on any atom is 0.276 e. The van der Waals surface area contributed by atoms with E-state index >= 15 is 0 Å². The molecule has 3 aromatic rings. The first-order valence-electron chi connectivity index (χ1n) is 12.1. The lowest BCUT2D eigenvalue weighted by Gasteiger charge is -2.44. The van der Waals surface area contributed by atoms with E-state index in [1.807, 2.05) is 41.8 Å². The molecule has 174 valence electrons. The van der Waals surface area contributed by atoms with Crippen LogP contribution in [-0.4, -0.2) is 28.0 Å². The summed E-state index contributed by atoms with van der Waals surface area (Å²) in [4.78, 5) is 29.4. The number of hydrogen-bond donors (Lipinski definition) is 1. The van der Waals surface area contributed by atoms with Gasteiger partial charge >= 0.3 is 0 Å². The van der Waals surface area contributed by atoms with Crippen molar-refractivity contribution < 1.29 is 14.0 Å². The maximum absolute atomic E-state index is 13.8. The summed E-state index contributed by atoms with van der Waals surface area (Å²) in [6.07, 6.45) is 5.85. The number of aromatic nitrogens is 1. The molecule has 5 rings (SSSR count). The Bertz CT molecular complexity index is 1180. The molecule has 0 spiro atoms. The van der Waals surface area contributed by atoms with E-state index in [-0.39, 0.29) is 17.9 Å². The lowest BCUT2D eigenvalue weighted by Crippen LogP contribution is -2.65. The molecule has 0 radical (unpaired) electrons. The van der Waals surface area contributed by atoms with Crippen LogP contribution < -0.4 is 10.2 Å². The van der Waals surface area contributed by atoms with Gasteiger partial charge in [0.2, 0.25) is 5.91 Å². The molecule has 2 amide bonds. The molecule has 1 aromatic carbocycles. The van der Waals surface area contributed by atoms with Crippen molar-refractivity contribution in [3.63, 3.8) is 0 Å². The zero-order valence-corrected chi connectivity index (χ0v) is 19.9. The number of benzene rings is 1. The number of carbonyl (C=O) groups excluding carboxylic acids is 2. The van der Waals surface area contributed by atoms with Crippen LogP contribution in [0.5, 0.6) is 0 Å². The van der Waals surface area contributed by atoms with Crippen LogP contribution in [0.2, 0.25) is 0 Å². The average molecular weight is 448 g/mol. The Morgan fingerprint density at radius 2 is 1.82 bits per heavy atom. The van der Waals surface area contributed by atoms with Gasteiger partial charge in [-0.1, -0.05) is 32.9 Å². The molecule has 0 saturated heterocycles. The van der Waals surface area contributed by atoms with Gasteiger partial charge in [-0.3, -0.25) is 14.5 Å². The van der Waals surface area contributed by atoms with Crippen LogP contribution in [0.4, 0.5) is 5.69 Å². The molecule has 2 aliphatic rings. The zero-order valence-electron chi connectivity index (χ0n) is 19.9. The van der Waals surface area contributed by atoms with Crippen molar-refractivity contribution in [1.82, 2.24) is 9.88 Å². The predicted molar refractivity (Wildman–Crippen MR) is 130 cm³/mol. The Labute approximate surface area is 194 Å². The monoisotopic (exact) mass is 447 g/mol. The van der Waals surface area contributed by atoms with E-state index in [0.717, 1.165) is 36.9 Å². The molecule has 3 heterocycles. The first-order valence-corrected chi connectivity index (χ1v) is 12.1. The first-order chi connectivity index (χ1) is 15.8. The lowest BCUT2D eigenvalue weighted by atomic mass is 9.86. The van der Waals surface area contributed by atoms with Crippen molar-refractivity contribution in [1.29, 1.82) is 0 Å². The van der Waals surface area contributed by atoms with E-state index in [1.54, 1.807) is 17.2 Å². The van der Waals surface area contributed by atoms with E-state index < -0.39 is 5.54 Å². The Hall–Kier alpha value is -3.02. The molecule has 6 nitrogen and oxygen atoms in total. The quantitative estimate of drug-likeness (QED) is 0.576. The van der Waals surface area contributed by atoms with Crippen molar-refractivity contribution in [2.75, 3.05) is 4.90 Å². The van der Waals surface area contributed by atoms with Crippen molar-refractivity contribution in [2.45, 2.75) is 77.4 Å². The van der Waals surface area contributed by atoms with E-state index in [2.05, 4.69) is 26.1 Å². The van der Waals surface area contributed by atoms with Crippen LogP contribution in [0, 0.1) is 5.92 Å². The molecule has 1 aliphatic carbocycles. The van der Waals surface area contributed by atoms with E-state index in [9.17, 15) is 9.59 Å². The molecule has 1 N–H and O–H groups in total. The highest BCUT2D eigenvalue weighted by Crippen LogP contribution is 2.37. The van der Waals surface area contributed by atoms with Crippen LogP contribution in [-0.2, 0) is 11.3 Å². The normalized spacial score (nSPS) is 25.5. The van der Waals surface area contributed by atoms with Crippen molar-refractivity contribution in [3.05, 3.63) is 53.9 Å². The summed E-state index contributed by atoms with van der Waals surface area (Å²) in [6, 6.07) is 11.8. The van der Waals surface area contributed by atoms with Crippen LogP contribution in [0.1, 0.15) is 75.3 Å². The molecule has 1 fully saturated rings. The van der Waals surface area contributed by atoms with E-state index in [1.165, 1.54) is 5.56 Å². The Morgan fingerprint density at radius 3 is 2.48 bits per heavy atom. The van der Waals surface area contributed by atoms with Gasteiger partial charge in [-0.05, 0) is 62.1 Å². The molecule has 2 aromatic heterocycles. The number of carbonyl (C=O) groups is 2. The summed E-state index contributed by atoms with van der Waals surface area (Å²) in [6.45, 7) is 8.82. The van der Waals surface area contributed by atoms with Gasteiger partial charge in [-0.2, -0.15) is 0 Å². The molecule has 1 atom stereocenters. The van der Waals surface area contributed by atoms with Crippen molar-refractivity contribution in [2.24, 2.45) is 5.92 Å². The summed E-state index contributed by atoms with van der Waals surface area (Å²) in [5, 5.41) is 3.29. The molecule has 0 bridgehead atoms. The fraction of sp³-hybridized carbons (Fsp3) is 0.481. The third kappa shape index (κ3) is 3.65. The minimum Gasteiger partial charge on any atom is -0.463 e. The second kappa shape index (κ2) is 8.08. The minimum atomic E-state index is -1.06. The van der Waals surface area contributed by atoms with E-state index in [0.29, 0.717) is 29.7 Å². The molecule has 33 heavy (non-hydrogen) atoms. The molecule has 1 saturated carbocycles. The Balaban J connectivity index is 1.55. The average Bonchev–Trinajstić information content (AvgIpc) is 3.38. The molecular formula is C27H33N3O3.